The Bertz CT molecular complexity index is 742. The Balaban J connectivity index is 1.58. The molecule has 1 aromatic heterocycles. The van der Waals surface area contributed by atoms with Crippen LogP contribution in [0.25, 0.3) is 0 Å². The summed E-state index contributed by atoms with van der Waals surface area (Å²) in [5.74, 6) is 3.00. The molecule has 1 unspecified atom stereocenters. The van der Waals surface area contributed by atoms with Crippen molar-refractivity contribution in [2.45, 2.75) is 13.0 Å². The molecule has 2 aromatic rings. The van der Waals surface area contributed by atoms with Crippen LogP contribution in [0.2, 0.25) is 0 Å². The first-order chi connectivity index (χ1) is 12.0. The van der Waals surface area contributed by atoms with Crippen LogP contribution in [0.3, 0.4) is 0 Å². The molecule has 7 heteroatoms. The molecule has 1 aliphatic rings. The van der Waals surface area contributed by atoms with Gasteiger partial charge in [-0.1, -0.05) is 0 Å². The number of fused-ring (bicyclic) bond motifs is 1. The average Bonchev–Trinajstić information content (AvgIpc) is 3.00. The van der Waals surface area contributed by atoms with E-state index in [1.54, 1.807) is 18.2 Å². The molecular weight excluding hydrogens is 322 g/mol. The number of ether oxygens (including phenoxy) is 2. The van der Waals surface area contributed by atoms with E-state index in [9.17, 15) is 4.79 Å². The Hall–Kier alpha value is -2.67. The number of benzene rings is 1. The summed E-state index contributed by atoms with van der Waals surface area (Å²) in [6, 6.07) is 8.85. The maximum absolute atomic E-state index is 12.2. The predicted octanol–water partition coefficient (Wildman–Crippen LogP) is 2.78. The second-order valence-electron chi connectivity index (χ2n) is 6.12. The summed E-state index contributed by atoms with van der Waals surface area (Å²) in [5.41, 5.74) is 0.650. The third-order valence-corrected chi connectivity index (χ3v) is 3.97. The van der Waals surface area contributed by atoms with Gasteiger partial charge in [-0.05, 0) is 45.3 Å². The van der Waals surface area contributed by atoms with E-state index in [4.69, 9.17) is 13.9 Å². The molecule has 0 spiro atoms. The van der Waals surface area contributed by atoms with Gasteiger partial charge in [0.1, 0.15) is 24.7 Å². The van der Waals surface area contributed by atoms with Gasteiger partial charge in [0, 0.05) is 18.3 Å². The van der Waals surface area contributed by atoms with Crippen LogP contribution in [0.15, 0.2) is 34.7 Å². The number of carbonyl (C=O) groups excluding carboxylic acids is 1. The number of nitrogens with zero attached hydrogens (tertiary/aromatic N) is 1. The summed E-state index contributed by atoms with van der Waals surface area (Å²) in [6.07, 6.45) is 0. The number of urea groups is 1. The van der Waals surface area contributed by atoms with Crippen molar-refractivity contribution >= 4 is 11.7 Å². The summed E-state index contributed by atoms with van der Waals surface area (Å²) >= 11 is 0. The summed E-state index contributed by atoms with van der Waals surface area (Å²) in [7, 11) is 3.89. The topological polar surface area (TPSA) is 76.0 Å². The zero-order valence-electron chi connectivity index (χ0n) is 14.7. The minimum Gasteiger partial charge on any atom is -0.486 e. The van der Waals surface area contributed by atoms with E-state index in [1.165, 1.54) is 0 Å². The third kappa shape index (κ3) is 4.24. The van der Waals surface area contributed by atoms with Crippen LogP contribution >= 0.6 is 0 Å². The molecule has 7 nitrogen and oxygen atoms in total. The molecule has 0 bridgehead atoms. The van der Waals surface area contributed by atoms with Crippen molar-refractivity contribution in [1.29, 1.82) is 0 Å². The molecule has 0 saturated carbocycles. The molecular formula is C18H23N3O4. The van der Waals surface area contributed by atoms with E-state index in [-0.39, 0.29) is 12.1 Å². The van der Waals surface area contributed by atoms with E-state index >= 15 is 0 Å². The quantitative estimate of drug-likeness (QED) is 0.871. The molecule has 0 saturated heterocycles. The monoisotopic (exact) mass is 345 g/mol. The zero-order chi connectivity index (χ0) is 17.8. The third-order valence-electron chi connectivity index (χ3n) is 3.97. The highest BCUT2D eigenvalue weighted by atomic mass is 16.6. The number of carbonyl (C=O) groups is 1. The van der Waals surface area contributed by atoms with E-state index in [0.717, 1.165) is 11.5 Å². The van der Waals surface area contributed by atoms with Crippen molar-refractivity contribution in [3.8, 4) is 11.5 Å². The molecule has 134 valence electrons. The summed E-state index contributed by atoms with van der Waals surface area (Å²) in [6.45, 7) is 3.38. The maximum Gasteiger partial charge on any atom is 0.319 e. The van der Waals surface area contributed by atoms with Gasteiger partial charge in [-0.15, -0.1) is 0 Å². The molecule has 1 aromatic carbocycles. The number of likely N-dealkylation sites (N-methyl/N-ethyl adjacent to an activating group) is 1. The Labute approximate surface area is 146 Å². The van der Waals surface area contributed by atoms with Crippen molar-refractivity contribution in [2.24, 2.45) is 0 Å². The molecule has 1 aliphatic heterocycles. The molecule has 3 rings (SSSR count). The van der Waals surface area contributed by atoms with Crippen LogP contribution in [-0.2, 0) is 0 Å². The highest BCUT2D eigenvalue weighted by molar-refractivity contribution is 5.89. The van der Waals surface area contributed by atoms with Gasteiger partial charge >= 0.3 is 6.03 Å². The lowest BCUT2D eigenvalue weighted by Gasteiger charge is -2.23. The number of anilines is 1. The van der Waals surface area contributed by atoms with Gasteiger partial charge in [0.15, 0.2) is 11.5 Å². The van der Waals surface area contributed by atoms with E-state index in [1.807, 2.05) is 38.1 Å². The Morgan fingerprint density at radius 3 is 2.60 bits per heavy atom. The Morgan fingerprint density at radius 1 is 1.16 bits per heavy atom. The van der Waals surface area contributed by atoms with Crippen LogP contribution in [0.1, 0.15) is 17.6 Å². The number of rotatable bonds is 5. The van der Waals surface area contributed by atoms with Gasteiger partial charge in [-0.2, -0.15) is 0 Å². The number of aryl methyl sites for hydroxylation is 1. The zero-order valence-corrected chi connectivity index (χ0v) is 14.7. The molecule has 25 heavy (non-hydrogen) atoms. The first kappa shape index (κ1) is 17.2. The number of amides is 2. The molecule has 2 amide bonds. The van der Waals surface area contributed by atoms with Crippen molar-refractivity contribution in [1.82, 2.24) is 10.2 Å². The Morgan fingerprint density at radius 2 is 1.92 bits per heavy atom. The number of hydrogen-bond donors (Lipinski definition) is 2. The van der Waals surface area contributed by atoms with Crippen LogP contribution in [-0.4, -0.2) is 44.8 Å². The van der Waals surface area contributed by atoms with Gasteiger partial charge in [0.2, 0.25) is 0 Å². The van der Waals surface area contributed by atoms with Crippen LogP contribution in [0.4, 0.5) is 10.5 Å². The van der Waals surface area contributed by atoms with Gasteiger partial charge in [0.25, 0.3) is 0 Å². The average molecular weight is 345 g/mol. The summed E-state index contributed by atoms with van der Waals surface area (Å²) in [5, 5.41) is 5.68. The summed E-state index contributed by atoms with van der Waals surface area (Å²) < 4.78 is 16.7. The number of hydrogen-bond acceptors (Lipinski definition) is 5. The second-order valence-corrected chi connectivity index (χ2v) is 6.12. The lowest BCUT2D eigenvalue weighted by atomic mass is 10.2. The van der Waals surface area contributed by atoms with Gasteiger partial charge in [-0.25, -0.2) is 4.79 Å². The fourth-order valence-electron chi connectivity index (χ4n) is 2.66. The smallest absolute Gasteiger partial charge is 0.319 e. The highest BCUT2D eigenvalue weighted by Gasteiger charge is 2.19. The standard InChI is InChI=1S/C18H23N3O4/c1-12-4-6-15(25-12)14(21(2)3)11-19-18(22)20-13-5-7-16-17(10-13)24-9-8-23-16/h4-7,10,14H,8-9,11H2,1-3H3,(H2,19,20,22). The van der Waals surface area contributed by atoms with Crippen LogP contribution in [0.5, 0.6) is 11.5 Å². The Kier molecular flexibility index (Phi) is 5.14. The fraction of sp³-hybridized carbons (Fsp3) is 0.389. The number of furan rings is 1. The summed E-state index contributed by atoms with van der Waals surface area (Å²) in [4.78, 5) is 14.2. The molecule has 0 radical (unpaired) electrons. The van der Waals surface area contributed by atoms with Crippen molar-refractivity contribution in [2.75, 3.05) is 39.2 Å². The first-order valence-electron chi connectivity index (χ1n) is 8.20. The predicted molar refractivity (Wildman–Crippen MR) is 94.3 cm³/mol. The van der Waals surface area contributed by atoms with E-state index < -0.39 is 0 Å². The molecule has 2 heterocycles. The van der Waals surface area contributed by atoms with Crippen molar-refractivity contribution in [3.05, 3.63) is 41.9 Å². The van der Waals surface area contributed by atoms with Gasteiger partial charge < -0.3 is 24.5 Å². The lowest BCUT2D eigenvalue weighted by molar-refractivity contribution is 0.171. The van der Waals surface area contributed by atoms with Crippen molar-refractivity contribution in [3.63, 3.8) is 0 Å². The van der Waals surface area contributed by atoms with E-state index in [2.05, 4.69) is 10.6 Å². The minimum absolute atomic E-state index is 0.0419. The second kappa shape index (κ2) is 7.48. The van der Waals surface area contributed by atoms with Gasteiger partial charge in [0.05, 0.1) is 6.04 Å². The van der Waals surface area contributed by atoms with Crippen LogP contribution in [0, 0.1) is 6.92 Å². The molecule has 0 aliphatic carbocycles. The van der Waals surface area contributed by atoms with Crippen LogP contribution < -0.4 is 20.1 Å². The fourth-order valence-corrected chi connectivity index (χ4v) is 2.66. The largest absolute Gasteiger partial charge is 0.486 e. The lowest BCUT2D eigenvalue weighted by Crippen LogP contribution is -2.36. The van der Waals surface area contributed by atoms with E-state index in [0.29, 0.717) is 36.9 Å². The molecule has 0 fully saturated rings. The minimum atomic E-state index is -0.285. The molecule has 2 N–H and O–H groups in total. The maximum atomic E-state index is 12.2. The highest BCUT2D eigenvalue weighted by Crippen LogP contribution is 2.32. The van der Waals surface area contributed by atoms with Crippen molar-refractivity contribution < 1.29 is 18.7 Å². The number of nitrogens with one attached hydrogen (secondary N) is 2. The SMILES string of the molecule is Cc1ccc(C(CNC(=O)Nc2ccc3c(c2)OCCO3)N(C)C)o1. The van der Waals surface area contributed by atoms with Gasteiger partial charge in [-0.3, -0.25) is 4.90 Å². The molecule has 1 atom stereocenters. The first-order valence-corrected chi connectivity index (χ1v) is 8.20. The normalized spacial score (nSPS) is 14.2.